The molecule has 0 aliphatic heterocycles. The van der Waals surface area contributed by atoms with Crippen LogP contribution in [0.1, 0.15) is 11.3 Å². The minimum absolute atomic E-state index is 0.0540. The second-order valence-corrected chi connectivity index (χ2v) is 6.34. The molecule has 0 spiro atoms. The van der Waals surface area contributed by atoms with E-state index in [1.54, 1.807) is 12.3 Å². The third-order valence-electron chi connectivity index (χ3n) is 3.52. The molecule has 0 fully saturated rings. The highest BCUT2D eigenvalue weighted by Gasteiger charge is 2.13. The number of halogens is 1. The molecule has 3 rings (SSSR count). The summed E-state index contributed by atoms with van der Waals surface area (Å²) in [4.78, 5) is 21.8. The molecule has 128 valence electrons. The van der Waals surface area contributed by atoms with Crippen LogP contribution in [0.2, 0.25) is 0 Å². The van der Waals surface area contributed by atoms with Crippen molar-refractivity contribution in [1.82, 2.24) is 9.97 Å². The number of carbonyl (C=O) groups is 1. The van der Waals surface area contributed by atoms with Crippen LogP contribution in [-0.2, 0) is 11.2 Å². The maximum Gasteiger partial charge on any atom is 0.230 e. The number of rotatable bonds is 5. The zero-order valence-electron chi connectivity index (χ0n) is 13.7. The number of hydrogen-bond acceptors (Lipinski definition) is 5. The average molecular weight is 357 g/mol. The van der Waals surface area contributed by atoms with Crippen molar-refractivity contribution in [3.05, 3.63) is 59.7 Å². The smallest absolute Gasteiger partial charge is 0.230 e. The van der Waals surface area contributed by atoms with Gasteiger partial charge >= 0.3 is 0 Å². The normalized spacial score (nSPS) is 10.5. The summed E-state index contributed by atoms with van der Waals surface area (Å²) in [5.74, 6) is -0.596. The number of pyridine rings is 1. The van der Waals surface area contributed by atoms with Crippen LogP contribution in [0, 0.1) is 12.7 Å². The Hall–Kier alpha value is -2.80. The van der Waals surface area contributed by atoms with Crippen molar-refractivity contribution < 1.29 is 13.9 Å². The molecule has 2 heterocycles. The van der Waals surface area contributed by atoms with Crippen molar-refractivity contribution in [3.63, 3.8) is 0 Å². The zero-order valence-corrected chi connectivity index (χ0v) is 14.6. The van der Waals surface area contributed by atoms with Gasteiger partial charge in [0.25, 0.3) is 0 Å². The number of thiazole rings is 1. The SMILES string of the molecule is COc1ccc(CC(=O)Nc2nc(C)c(-c3ccccn3)s2)cc1F. The van der Waals surface area contributed by atoms with Gasteiger partial charge in [-0.1, -0.05) is 23.5 Å². The number of aromatic nitrogens is 2. The van der Waals surface area contributed by atoms with E-state index >= 15 is 0 Å². The molecule has 25 heavy (non-hydrogen) atoms. The quantitative estimate of drug-likeness (QED) is 0.753. The van der Waals surface area contributed by atoms with Crippen LogP contribution in [0.5, 0.6) is 5.75 Å². The maximum absolute atomic E-state index is 13.7. The van der Waals surface area contributed by atoms with Crippen LogP contribution in [-0.4, -0.2) is 23.0 Å². The van der Waals surface area contributed by atoms with Gasteiger partial charge in [0.15, 0.2) is 16.7 Å². The molecule has 3 aromatic rings. The molecule has 0 aliphatic carbocycles. The van der Waals surface area contributed by atoms with Crippen molar-refractivity contribution in [2.45, 2.75) is 13.3 Å². The Kier molecular flexibility index (Phi) is 5.04. The summed E-state index contributed by atoms with van der Waals surface area (Å²) in [7, 11) is 1.40. The molecular weight excluding hydrogens is 341 g/mol. The number of hydrogen-bond donors (Lipinski definition) is 1. The Balaban J connectivity index is 1.70. The van der Waals surface area contributed by atoms with E-state index in [1.165, 1.54) is 30.6 Å². The summed E-state index contributed by atoms with van der Waals surface area (Å²) in [6.07, 6.45) is 1.77. The predicted octanol–water partition coefficient (Wildman–Crippen LogP) is 3.84. The lowest BCUT2D eigenvalue weighted by Crippen LogP contribution is -2.14. The van der Waals surface area contributed by atoms with Gasteiger partial charge in [0.05, 0.1) is 29.8 Å². The monoisotopic (exact) mass is 357 g/mol. The first kappa shape index (κ1) is 17.0. The average Bonchev–Trinajstić information content (AvgIpc) is 2.96. The lowest BCUT2D eigenvalue weighted by atomic mass is 10.1. The molecule has 0 aliphatic rings. The Bertz CT molecular complexity index is 897. The van der Waals surface area contributed by atoms with E-state index in [0.29, 0.717) is 10.7 Å². The molecule has 7 heteroatoms. The van der Waals surface area contributed by atoms with E-state index in [2.05, 4.69) is 15.3 Å². The van der Waals surface area contributed by atoms with Gasteiger partial charge in [-0.05, 0) is 36.8 Å². The summed E-state index contributed by atoms with van der Waals surface area (Å²) in [5.41, 5.74) is 2.18. The third-order valence-corrected chi connectivity index (χ3v) is 4.62. The van der Waals surface area contributed by atoms with Crippen molar-refractivity contribution in [2.75, 3.05) is 12.4 Å². The fourth-order valence-corrected chi connectivity index (χ4v) is 3.31. The molecule has 0 unspecified atom stereocenters. The van der Waals surface area contributed by atoms with Gasteiger partial charge in [0.1, 0.15) is 0 Å². The number of anilines is 1. The van der Waals surface area contributed by atoms with Crippen LogP contribution < -0.4 is 10.1 Å². The molecule has 0 atom stereocenters. The second kappa shape index (κ2) is 7.40. The number of ether oxygens (including phenoxy) is 1. The highest BCUT2D eigenvalue weighted by atomic mass is 32.1. The van der Waals surface area contributed by atoms with Gasteiger partial charge < -0.3 is 10.1 Å². The van der Waals surface area contributed by atoms with Gasteiger partial charge in [-0.2, -0.15) is 0 Å². The molecular formula is C18H16FN3O2S. The van der Waals surface area contributed by atoms with E-state index < -0.39 is 5.82 Å². The summed E-state index contributed by atoms with van der Waals surface area (Å²) in [6.45, 7) is 1.87. The Morgan fingerprint density at radius 2 is 2.16 bits per heavy atom. The minimum Gasteiger partial charge on any atom is -0.494 e. The molecule has 1 N–H and O–H groups in total. The van der Waals surface area contributed by atoms with E-state index in [9.17, 15) is 9.18 Å². The Morgan fingerprint density at radius 3 is 2.84 bits per heavy atom. The summed E-state index contributed by atoms with van der Waals surface area (Å²) >= 11 is 1.36. The first-order chi connectivity index (χ1) is 12.1. The number of nitrogens with one attached hydrogen (secondary N) is 1. The molecule has 0 bridgehead atoms. The molecule has 1 amide bonds. The number of carbonyl (C=O) groups excluding carboxylic acids is 1. The highest BCUT2D eigenvalue weighted by Crippen LogP contribution is 2.31. The minimum atomic E-state index is -0.490. The van der Waals surface area contributed by atoms with Crippen LogP contribution in [0.4, 0.5) is 9.52 Å². The standard InChI is InChI=1S/C18H16FN3O2S/c1-11-17(14-5-3-4-8-20-14)25-18(21-11)22-16(23)10-12-6-7-15(24-2)13(19)9-12/h3-9H,10H2,1-2H3,(H,21,22,23). The highest BCUT2D eigenvalue weighted by molar-refractivity contribution is 7.19. The van der Waals surface area contributed by atoms with E-state index in [0.717, 1.165) is 16.3 Å². The summed E-state index contributed by atoms with van der Waals surface area (Å²) in [5, 5.41) is 3.25. The predicted molar refractivity (Wildman–Crippen MR) is 95.4 cm³/mol. The molecule has 0 saturated carbocycles. The number of amides is 1. The van der Waals surface area contributed by atoms with Crippen LogP contribution in [0.25, 0.3) is 10.6 Å². The first-order valence-electron chi connectivity index (χ1n) is 7.58. The fraction of sp³-hybridized carbons (Fsp3) is 0.167. The van der Waals surface area contributed by atoms with Crippen molar-refractivity contribution in [1.29, 1.82) is 0 Å². The largest absolute Gasteiger partial charge is 0.494 e. The third kappa shape index (κ3) is 4.00. The van der Waals surface area contributed by atoms with Crippen molar-refractivity contribution in [2.24, 2.45) is 0 Å². The van der Waals surface area contributed by atoms with Crippen LogP contribution >= 0.6 is 11.3 Å². The number of nitrogens with zero attached hydrogens (tertiary/aromatic N) is 2. The maximum atomic E-state index is 13.7. The Morgan fingerprint density at radius 1 is 1.32 bits per heavy atom. The topological polar surface area (TPSA) is 64.1 Å². The summed E-state index contributed by atoms with van der Waals surface area (Å²) < 4.78 is 18.6. The number of methoxy groups -OCH3 is 1. The van der Waals surface area contributed by atoms with E-state index in [4.69, 9.17) is 4.74 Å². The molecule has 1 aromatic carbocycles. The molecule has 5 nitrogen and oxygen atoms in total. The number of benzene rings is 1. The summed E-state index contributed by atoms with van der Waals surface area (Å²) in [6, 6.07) is 10.1. The first-order valence-corrected chi connectivity index (χ1v) is 8.39. The van der Waals surface area contributed by atoms with E-state index in [-0.39, 0.29) is 18.1 Å². The van der Waals surface area contributed by atoms with Crippen molar-refractivity contribution in [3.8, 4) is 16.3 Å². The van der Waals surface area contributed by atoms with E-state index in [1.807, 2.05) is 25.1 Å². The zero-order chi connectivity index (χ0) is 17.8. The number of aryl methyl sites for hydroxylation is 1. The fourth-order valence-electron chi connectivity index (χ4n) is 2.35. The van der Waals surface area contributed by atoms with Crippen LogP contribution in [0.15, 0.2) is 42.6 Å². The van der Waals surface area contributed by atoms with Gasteiger partial charge in [-0.25, -0.2) is 9.37 Å². The van der Waals surface area contributed by atoms with Gasteiger partial charge in [-0.15, -0.1) is 0 Å². The Labute approximate surface area is 148 Å². The lowest BCUT2D eigenvalue weighted by molar-refractivity contribution is -0.115. The van der Waals surface area contributed by atoms with Crippen LogP contribution in [0.3, 0.4) is 0 Å². The van der Waals surface area contributed by atoms with Gasteiger partial charge in [0, 0.05) is 6.20 Å². The molecule has 0 radical (unpaired) electrons. The lowest BCUT2D eigenvalue weighted by Gasteiger charge is -2.05. The van der Waals surface area contributed by atoms with Gasteiger partial charge in [0.2, 0.25) is 5.91 Å². The molecule has 0 saturated heterocycles. The second-order valence-electron chi connectivity index (χ2n) is 5.34. The van der Waals surface area contributed by atoms with Gasteiger partial charge in [-0.3, -0.25) is 9.78 Å². The molecule has 2 aromatic heterocycles. The van der Waals surface area contributed by atoms with Crippen molar-refractivity contribution >= 4 is 22.4 Å².